The minimum Gasteiger partial charge on any atom is -0.326 e. The monoisotopic (exact) mass is 298 g/mol. The minimum atomic E-state index is -3.52. The summed E-state index contributed by atoms with van der Waals surface area (Å²) < 4.78 is 26.0. The summed E-state index contributed by atoms with van der Waals surface area (Å²) in [6.45, 7) is 5.64. The van der Waals surface area contributed by atoms with E-state index < -0.39 is 10.0 Å². The molecule has 0 bridgehead atoms. The van der Waals surface area contributed by atoms with Crippen LogP contribution in [0.25, 0.3) is 0 Å². The van der Waals surface area contributed by atoms with E-state index in [-0.39, 0.29) is 16.7 Å². The summed E-state index contributed by atoms with van der Waals surface area (Å²) in [7, 11) is -2.15. The largest absolute Gasteiger partial charge is 0.326 e. The molecule has 112 valence electrons. The maximum absolute atomic E-state index is 12.0. The van der Waals surface area contributed by atoms with Crippen LogP contribution in [0.3, 0.4) is 0 Å². The van der Waals surface area contributed by atoms with Crippen molar-refractivity contribution < 1.29 is 13.2 Å². The lowest BCUT2D eigenvalue weighted by Crippen LogP contribution is -2.23. The van der Waals surface area contributed by atoms with Crippen molar-refractivity contribution in [2.45, 2.75) is 38.5 Å². The van der Waals surface area contributed by atoms with E-state index in [0.29, 0.717) is 11.3 Å². The molecule has 0 aliphatic heterocycles. The highest BCUT2D eigenvalue weighted by Gasteiger charge is 2.18. The molecule has 0 radical (unpaired) electrons. The maximum Gasteiger partial charge on any atom is 0.240 e. The molecule has 0 heterocycles. The Morgan fingerprint density at radius 3 is 2.35 bits per heavy atom. The molecule has 2 N–H and O–H groups in total. The van der Waals surface area contributed by atoms with Gasteiger partial charge < -0.3 is 5.32 Å². The van der Waals surface area contributed by atoms with Crippen LogP contribution in [-0.2, 0) is 14.8 Å². The molecular weight excluding hydrogens is 276 g/mol. The minimum absolute atomic E-state index is 0.0549. The lowest BCUT2D eigenvalue weighted by molar-refractivity contribution is -0.120. The van der Waals surface area contributed by atoms with Gasteiger partial charge in [0.15, 0.2) is 0 Å². The van der Waals surface area contributed by atoms with Crippen LogP contribution in [0.2, 0.25) is 0 Å². The first-order chi connectivity index (χ1) is 9.35. The van der Waals surface area contributed by atoms with Gasteiger partial charge in [0.1, 0.15) is 0 Å². The number of benzene rings is 1. The topological polar surface area (TPSA) is 75.3 Å². The fourth-order valence-electron chi connectivity index (χ4n) is 1.98. The Balaban J connectivity index is 3.05. The summed E-state index contributed by atoms with van der Waals surface area (Å²) in [5, 5.41) is 2.78. The highest BCUT2D eigenvalue weighted by atomic mass is 32.2. The van der Waals surface area contributed by atoms with Gasteiger partial charge in [0.05, 0.1) is 4.90 Å². The molecule has 0 aliphatic carbocycles. The molecule has 0 aliphatic rings. The molecule has 1 aromatic rings. The molecule has 0 saturated carbocycles. The Labute approximate surface area is 120 Å². The van der Waals surface area contributed by atoms with E-state index in [9.17, 15) is 13.2 Å². The average molecular weight is 298 g/mol. The summed E-state index contributed by atoms with van der Waals surface area (Å²) in [6, 6.07) is 4.89. The van der Waals surface area contributed by atoms with E-state index >= 15 is 0 Å². The summed E-state index contributed by atoms with van der Waals surface area (Å²) >= 11 is 0. The van der Waals surface area contributed by atoms with Crippen molar-refractivity contribution in [1.82, 2.24) is 4.72 Å². The summed E-state index contributed by atoms with van der Waals surface area (Å²) in [5.74, 6) is -0.132. The zero-order valence-electron chi connectivity index (χ0n) is 12.4. The van der Waals surface area contributed by atoms with Crippen LogP contribution in [0.5, 0.6) is 0 Å². The molecule has 6 heteroatoms. The van der Waals surface area contributed by atoms with Crippen molar-refractivity contribution in [2.75, 3.05) is 12.4 Å². The van der Waals surface area contributed by atoms with Crippen LogP contribution in [-0.4, -0.2) is 21.4 Å². The molecule has 0 unspecified atom stereocenters. The van der Waals surface area contributed by atoms with Crippen molar-refractivity contribution >= 4 is 21.6 Å². The molecule has 1 rings (SSSR count). The second-order valence-corrected chi connectivity index (χ2v) is 6.55. The number of carbonyl (C=O) groups excluding carboxylic acids is 1. The molecular formula is C14H22N2O3S. The lowest BCUT2D eigenvalue weighted by atomic mass is 10.0. The lowest BCUT2D eigenvalue weighted by Gasteiger charge is -2.14. The standard InChI is InChI=1S/C14H22N2O3S/c1-5-11(6-2)14(17)16-12-8-7-10(3)13(9-12)20(18,19)15-4/h7-9,11,15H,5-6H2,1-4H3,(H,16,17). The number of amides is 1. The predicted octanol–water partition coefficient (Wildman–Crippen LogP) is 2.28. The van der Waals surface area contributed by atoms with Crippen LogP contribution in [0.15, 0.2) is 23.1 Å². The second-order valence-electron chi connectivity index (χ2n) is 4.69. The third-order valence-corrected chi connectivity index (χ3v) is 4.93. The summed E-state index contributed by atoms with van der Waals surface area (Å²) in [5.41, 5.74) is 1.14. The second kappa shape index (κ2) is 6.85. The first-order valence-corrected chi connectivity index (χ1v) is 8.19. The van der Waals surface area contributed by atoms with Crippen LogP contribution in [0, 0.1) is 12.8 Å². The third-order valence-electron chi connectivity index (χ3n) is 3.37. The van der Waals surface area contributed by atoms with Crippen LogP contribution in [0.1, 0.15) is 32.3 Å². The number of sulfonamides is 1. The zero-order chi connectivity index (χ0) is 15.3. The molecule has 0 spiro atoms. The molecule has 0 fully saturated rings. The number of carbonyl (C=O) groups is 1. The molecule has 1 aromatic carbocycles. The summed E-state index contributed by atoms with van der Waals surface area (Å²) in [6.07, 6.45) is 1.52. The Bertz CT molecular complexity index is 578. The van der Waals surface area contributed by atoms with E-state index in [0.717, 1.165) is 12.8 Å². The molecule has 1 amide bonds. The fourth-order valence-corrected chi connectivity index (χ4v) is 2.98. The van der Waals surface area contributed by atoms with Crippen molar-refractivity contribution in [3.63, 3.8) is 0 Å². The maximum atomic E-state index is 12.0. The van der Waals surface area contributed by atoms with Gasteiger partial charge in [-0.2, -0.15) is 0 Å². The SMILES string of the molecule is CCC(CC)C(=O)Nc1ccc(C)c(S(=O)(=O)NC)c1. The molecule has 5 nitrogen and oxygen atoms in total. The van der Waals surface area contributed by atoms with Crippen LogP contribution in [0.4, 0.5) is 5.69 Å². The normalized spacial score (nSPS) is 11.7. The van der Waals surface area contributed by atoms with E-state index in [1.54, 1.807) is 19.1 Å². The van der Waals surface area contributed by atoms with Gasteiger partial charge in [-0.3, -0.25) is 4.79 Å². The van der Waals surface area contributed by atoms with Crippen LogP contribution >= 0.6 is 0 Å². The van der Waals surface area contributed by atoms with Gasteiger partial charge in [-0.1, -0.05) is 19.9 Å². The fraction of sp³-hybridized carbons (Fsp3) is 0.500. The van der Waals surface area contributed by atoms with Gasteiger partial charge in [0.2, 0.25) is 15.9 Å². The quantitative estimate of drug-likeness (QED) is 0.846. The van der Waals surface area contributed by atoms with Crippen molar-refractivity contribution in [3.05, 3.63) is 23.8 Å². The molecule has 0 saturated heterocycles. The van der Waals surface area contributed by atoms with Gasteiger partial charge in [-0.25, -0.2) is 13.1 Å². The third kappa shape index (κ3) is 3.80. The molecule has 0 atom stereocenters. The van der Waals surface area contributed by atoms with E-state index in [4.69, 9.17) is 0 Å². The smallest absolute Gasteiger partial charge is 0.240 e. The number of anilines is 1. The number of aryl methyl sites for hydroxylation is 1. The van der Waals surface area contributed by atoms with Crippen molar-refractivity contribution in [2.24, 2.45) is 5.92 Å². The van der Waals surface area contributed by atoms with E-state index in [1.165, 1.54) is 13.1 Å². The van der Waals surface area contributed by atoms with Crippen molar-refractivity contribution in [1.29, 1.82) is 0 Å². The number of hydrogen-bond acceptors (Lipinski definition) is 3. The van der Waals surface area contributed by atoms with Gasteiger partial charge in [0.25, 0.3) is 0 Å². The van der Waals surface area contributed by atoms with Crippen LogP contribution < -0.4 is 10.0 Å². The first kappa shape index (κ1) is 16.7. The summed E-state index contributed by atoms with van der Waals surface area (Å²) in [4.78, 5) is 12.2. The number of nitrogens with one attached hydrogen (secondary N) is 2. The highest BCUT2D eigenvalue weighted by Crippen LogP contribution is 2.21. The average Bonchev–Trinajstić information content (AvgIpc) is 2.42. The Morgan fingerprint density at radius 2 is 1.85 bits per heavy atom. The first-order valence-electron chi connectivity index (χ1n) is 6.70. The Morgan fingerprint density at radius 1 is 1.25 bits per heavy atom. The number of rotatable bonds is 6. The highest BCUT2D eigenvalue weighted by molar-refractivity contribution is 7.89. The zero-order valence-corrected chi connectivity index (χ0v) is 13.2. The van der Waals surface area contributed by atoms with Gasteiger partial charge in [-0.15, -0.1) is 0 Å². The molecule has 0 aromatic heterocycles. The molecule has 20 heavy (non-hydrogen) atoms. The Hall–Kier alpha value is -1.40. The van der Waals surface area contributed by atoms with Crippen molar-refractivity contribution in [3.8, 4) is 0 Å². The predicted molar refractivity (Wildman–Crippen MR) is 80.1 cm³/mol. The van der Waals surface area contributed by atoms with Gasteiger partial charge in [0, 0.05) is 11.6 Å². The Kier molecular flexibility index (Phi) is 5.71. The van der Waals surface area contributed by atoms with Gasteiger partial charge in [-0.05, 0) is 44.5 Å². The van der Waals surface area contributed by atoms with Gasteiger partial charge >= 0.3 is 0 Å². The number of hydrogen-bond donors (Lipinski definition) is 2. The van der Waals surface area contributed by atoms with E-state index in [1.807, 2.05) is 13.8 Å². The van der Waals surface area contributed by atoms with E-state index in [2.05, 4.69) is 10.0 Å².